The lowest BCUT2D eigenvalue weighted by Gasteiger charge is -2.29. The number of aromatic nitrogens is 4. The lowest BCUT2D eigenvalue weighted by Crippen LogP contribution is -2.46. The summed E-state index contributed by atoms with van der Waals surface area (Å²) in [4.78, 5) is 31.9. The smallest absolute Gasteiger partial charge is 0.257 e. The summed E-state index contributed by atoms with van der Waals surface area (Å²) >= 11 is 6.20. The average molecular weight is 481 g/mol. The van der Waals surface area contributed by atoms with Crippen LogP contribution in [0.1, 0.15) is 36.0 Å². The van der Waals surface area contributed by atoms with Crippen LogP contribution in [0, 0.1) is 5.92 Å². The molecule has 1 saturated carbocycles. The Bertz CT molecular complexity index is 1130. The van der Waals surface area contributed by atoms with Gasteiger partial charge in [0.25, 0.3) is 5.91 Å². The Hall–Kier alpha value is -3.04. The van der Waals surface area contributed by atoms with Gasteiger partial charge in [0, 0.05) is 62.7 Å². The van der Waals surface area contributed by atoms with Gasteiger partial charge >= 0.3 is 0 Å². The molecule has 3 aromatic rings. The molecule has 1 saturated heterocycles. The lowest BCUT2D eigenvalue weighted by atomic mass is 9.86. The first-order chi connectivity index (χ1) is 16.7. The number of amides is 1. The molecule has 34 heavy (non-hydrogen) atoms. The van der Waals surface area contributed by atoms with Crippen molar-refractivity contribution in [2.45, 2.75) is 31.7 Å². The maximum Gasteiger partial charge on any atom is 0.257 e. The average Bonchev–Trinajstić information content (AvgIpc) is 2.89. The van der Waals surface area contributed by atoms with E-state index in [2.05, 4.69) is 35.9 Å². The second-order valence-electron chi connectivity index (χ2n) is 8.95. The lowest BCUT2D eigenvalue weighted by molar-refractivity contribution is 0.0735. The quantitative estimate of drug-likeness (QED) is 0.461. The maximum atomic E-state index is 12.5. The Morgan fingerprint density at radius 1 is 1.06 bits per heavy atom. The number of halogens is 1. The number of carbonyl (C=O) groups excluding carboxylic acids is 1. The maximum absolute atomic E-state index is 12.5. The summed E-state index contributed by atoms with van der Waals surface area (Å²) in [5.41, 5.74) is 1.27. The molecule has 3 aromatic heterocycles. The van der Waals surface area contributed by atoms with E-state index in [4.69, 9.17) is 11.6 Å². The third-order valence-electron chi connectivity index (χ3n) is 6.61. The molecule has 0 bridgehead atoms. The van der Waals surface area contributed by atoms with E-state index in [1.54, 1.807) is 18.6 Å². The number of piperazine rings is 1. The van der Waals surface area contributed by atoms with Gasteiger partial charge in [-0.3, -0.25) is 4.79 Å². The highest BCUT2D eigenvalue weighted by Crippen LogP contribution is 2.27. The number of nitrogens with zero attached hydrogens (tertiary/aromatic N) is 5. The fraction of sp³-hybridized carbons (Fsp3) is 0.458. The molecule has 1 aliphatic carbocycles. The zero-order chi connectivity index (χ0) is 23.3. The molecule has 4 heterocycles. The van der Waals surface area contributed by atoms with E-state index < -0.39 is 0 Å². The topological polar surface area (TPSA) is 108 Å². The summed E-state index contributed by atoms with van der Waals surface area (Å²) < 4.78 is 0. The van der Waals surface area contributed by atoms with Gasteiger partial charge in [-0.05, 0) is 49.8 Å². The van der Waals surface area contributed by atoms with Crippen LogP contribution in [-0.2, 0) is 0 Å². The number of carbonyl (C=O) groups is 1. The molecule has 0 aromatic carbocycles. The van der Waals surface area contributed by atoms with E-state index in [0.717, 1.165) is 75.1 Å². The predicted molar refractivity (Wildman–Crippen MR) is 133 cm³/mol. The van der Waals surface area contributed by atoms with Gasteiger partial charge in [0.15, 0.2) is 5.15 Å². The van der Waals surface area contributed by atoms with Crippen LogP contribution in [0.3, 0.4) is 0 Å². The van der Waals surface area contributed by atoms with Crippen molar-refractivity contribution in [2.24, 2.45) is 5.92 Å². The first-order valence-electron chi connectivity index (χ1n) is 11.9. The van der Waals surface area contributed by atoms with Crippen LogP contribution in [0.25, 0.3) is 10.9 Å². The van der Waals surface area contributed by atoms with Crippen LogP contribution >= 0.6 is 11.6 Å². The fourth-order valence-electron chi connectivity index (χ4n) is 4.63. The van der Waals surface area contributed by atoms with Gasteiger partial charge < -0.3 is 20.9 Å². The predicted octanol–water partition coefficient (Wildman–Crippen LogP) is 3.20. The molecule has 5 rings (SSSR count). The van der Waals surface area contributed by atoms with Crippen molar-refractivity contribution in [3.8, 4) is 0 Å². The Kier molecular flexibility index (Phi) is 7.01. The Morgan fingerprint density at radius 3 is 2.59 bits per heavy atom. The van der Waals surface area contributed by atoms with Gasteiger partial charge in [-0.1, -0.05) is 11.6 Å². The van der Waals surface area contributed by atoms with Crippen molar-refractivity contribution in [1.29, 1.82) is 0 Å². The molecular weight excluding hydrogens is 452 g/mol. The van der Waals surface area contributed by atoms with Crippen molar-refractivity contribution in [3.05, 3.63) is 47.5 Å². The second-order valence-corrected chi connectivity index (χ2v) is 9.31. The summed E-state index contributed by atoms with van der Waals surface area (Å²) in [5.74, 6) is 1.97. The van der Waals surface area contributed by atoms with Gasteiger partial charge in [0.1, 0.15) is 11.3 Å². The minimum absolute atomic E-state index is 0.00156. The van der Waals surface area contributed by atoms with Gasteiger partial charge in [0.05, 0.1) is 5.56 Å². The number of hydrogen-bond donors (Lipinski definition) is 3. The minimum Gasteiger partial charge on any atom is -0.367 e. The number of hydrogen-bond acceptors (Lipinski definition) is 8. The van der Waals surface area contributed by atoms with Crippen molar-refractivity contribution in [2.75, 3.05) is 43.4 Å². The van der Waals surface area contributed by atoms with Crippen LogP contribution in [-0.4, -0.2) is 69.5 Å². The molecule has 10 heteroatoms. The fourth-order valence-corrected chi connectivity index (χ4v) is 4.84. The SMILES string of the molecule is O=C(c1cnc(NC[C@H]2CC[C@H](Nc3ccc4ccnc(Cl)c4n3)CC2)nc1)N1CCNCC1. The van der Waals surface area contributed by atoms with Crippen LogP contribution < -0.4 is 16.0 Å². The van der Waals surface area contributed by atoms with Gasteiger partial charge in [-0.2, -0.15) is 0 Å². The molecule has 1 aliphatic heterocycles. The van der Waals surface area contributed by atoms with Gasteiger partial charge in [-0.15, -0.1) is 0 Å². The normalized spacial score (nSPS) is 20.8. The Morgan fingerprint density at radius 2 is 1.82 bits per heavy atom. The van der Waals surface area contributed by atoms with Crippen LogP contribution in [0.2, 0.25) is 5.15 Å². The minimum atomic E-state index is -0.00156. The van der Waals surface area contributed by atoms with E-state index in [9.17, 15) is 4.79 Å². The number of fused-ring (bicyclic) bond motifs is 1. The summed E-state index contributed by atoms with van der Waals surface area (Å²) in [6.45, 7) is 3.92. The number of anilines is 2. The van der Waals surface area contributed by atoms with Crippen LogP contribution in [0.5, 0.6) is 0 Å². The van der Waals surface area contributed by atoms with Crippen molar-refractivity contribution in [3.63, 3.8) is 0 Å². The molecule has 9 nitrogen and oxygen atoms in total. The molecule has 1 amide bonds. The largest absolute Gasteiger partial charge is 0.367 e. The molecule has 178 valence electrons. The third kappa shape index (κ3) is 5.37. The highest BCUT2D eigenvalue weighted by molar-refractivity contribution is 6.33. The second kappa shape index (κ2) is 10.5. The van der Waals surface area contributed by atoms with E-state index >= 15 is 0 Å². The number of nitrogens with one attached hydrogen (secondary N) is 3. The molecule has 2 fully saturated rings. The number of pyridine rings is 2. The highest BCUT2D eigenvalue weighted by atomic mass is 35.5. The first kappa shape index (κ1) is 22.7. The molecule has 0 spiro atoms. The molecule has 2 aliphatic rings. The summed E-state index contributed by atoms with van der Waals surface area (Å²) in [6.07, 6.45) is 9.32. The van der Waals surface area contributed by atoms with Crippen molar-refractivity contribution < 1.29 is 4.79 Å². The van der Waals surface area contributed by atoms with Crippen LogP contribution in [0.4, 0.5) is 11.8 Å². The molecule has 0 unspecified atom stereocenters. The monoisotopic (exact) mass is 480 g/mol. The van der Waals surface area contributed by atoms with E-state index in [-0.39, 0.29) is 5.91 Å². The molecule has 3 N–H and O–H groups in total. The standard InChI is InChI=1S/C24H29ClN8O/c25-22-21-17(7-8-27-22)3-6-20(32-21)31-19-4-1-16(2-5-19)13-28-24-29-14-18(15-30-24)23(34)33-11-9-26-10-12-33/h3,6-8,14-16,19,26H,1-2,4-5,9-13H2,(H,31,32)(H,28,29,30)/t16-,19-. The Labute approximate surface area is 203 Å². The van der Waals surface area contributed by atoms with Gasteiger partial charge in [0.2, 0.25) is 5.95 Å². The summed E-state index contributed by atoms with van der Waals surface area (Å²) in [5, 5.41) is 11.6. The zero-order valence-corrected chi connectivity index (χ0v) is 19.8. The summed E-state index contributed by atoms with van der Waals surface area (Å²) in [6, 6.07) is 6.33. The highest BCUT2D eigenvalue weighted by Gasteiger charge is 2.22. The Balaban J connectivity index is 1.08. The van der Waals surface area contributed by atoms with Gasteiger partial charge in [-0.25, -0.2) is 19.9 Å². The van der Waals surface area contributed by atoms with Crippen LogP contribution in [0.15, 0.2) is 36.8 Å². The molecule has 0 atom stereocenters. The third-order valence-corrected chi connectivity index (χ3v) is 6.89. The zero-order valence-electron chi connectivity index (χ0n) is 19.0. The van der Waals surface area contributed by atoms with Crippen molar-refractivity contribution >= 4 is 40.2 Å². The molecular formula is C24H29ClN8O. The summed E-state index contributed by atoms with van der Waals surface area (Å²) in [7, 11) is 0. The number of rotatable bonds is 6. The van der Waals surface area contributed by atoms with Crippen molar-refractivity contribution in [1.82, 2.24) is 30.2 Å². The van der Waals surface area contributed by atoms with E-state index in [1.165, 1.54) is 0 Å². The first-order valence-corrected chi connectivity index (χ1v) is 12.3. The molecule has 0 radical (unpaired) electrons. The van der Waals surface area contributed by atoms with E-state index in [0.29, 0.717) is 28.6 Å². The van der Waals surface area contributed by atoms with E-state index in [1.807, 2.05) is 23.1 Å².